The summed E-state index contributed by atoms with van der Waals surface area (Å²) in [5.41, 5.74) is 5.41. The van der Waals surface area contributed by atoms with Crippen molar-refractivity contribution in [3.63, 3.8) is 0 Å². The van der Waals surface area contributed by atoms with E-state index in [0.717, 1.165) is 19.4 Å². The van der Waals surface area contributed by atoms with Gasteiger partial charge in [0.25, 0.3) is 0 Å². The second-order valence-electron chi connectivity index (χ2n) is 6.40. The van der Waals surface area contributed by atoms with E-state index >= 15 is 0 Å². The van der Waals surface area contributed by atoms with Gasteiger partial charge in [0.15, 0.2) is 11.5 Å². The van der Waals surface area contributed by atoms with Crippen LogP contribution in [0.3, 0.4) is 0 Å². The number of nitrogens with zero attached hydrogens (tertiary/aromatic N) is 1. The van der Waals surface area contributed by atoms with Crippen LogP contribution in [-0.4, -0.2) is 36.8 Å². The first-order valence-corrected chi connectivity index (χ1v) is 7.87. The summed E-state index contributed by atoms with van der Waals surface area (Å²) in [5, 5.41) is 10.3. The van der Waals surface area contributed by atoms with Crippen molar-refractivity contribution in [3.8, 4) is 11.5 Å². The molecule has 1 heterocycles. The Bertz CT molecular complexity index is 725. The van der Waals surface area contributed by atoms with Gasteiger partial charge >= 0.3 is 0 Å². The van der Waals surface area contributed by atoms with Crippen molar-refractivity contribution in [2.45, 2.75) is 24.8 Å². The first-order chi connectivity index (χ1) is 10.7. The number of likely N-dealkylation sites (N-methyl/N-ethyl adjacent to an activating group) is 1. The number of fused-ring (bicyclic) bond motifs is 5. The molecular formula is C19H21NO2. The number of hydrogen-bond acceptors (Lipinski definition) is 3. The van der Waals surface area contributed by atoms with E-state index in [4.69, 9.17) is 4.74 Å². The molecule has 1 N–H and O–H groups in total. The van der Waals surface area contributed by atoms with Crippen LogP contribution in [0.15, 0.2) is 36.4 Å². The quantitative estimate of drug-likeness (QED) is 0.878. The Morgan fingerprint density at radius 1 is 1.14 bits per heavy atom. The molecular weight excluding hydrogens is 274 g/mol. The largest absolute Gasteiger partial charge is 0.504 e. The van der Waals surface area contributed by atoms with Crippen LogP contribution in [0.5, 0.6) is 11.5 Å². The van der Waals surface area contributed by atoms with Crippen LogP contribution in [-0.2, 0) is 12.8 Å². The fourth-order valence-corrected chi connectivity index (χ4v) is 4.12. The third-order valence-electron chi connectivity index (χ3n) is 5.28. The van der Waals surface area contributed by atoms with Gasteiger partial charge in [0.1, 0.15) is 0 Å². The van der Waals surface area contributed by atoms with E-state index in [2.05, 4.69) is 36.2 Å². The Morgan fingerprint density at radius 2 is 1.95 bits per heavy atom. The molecule has 1 aliphatic heterocycles. The molecule has 0 bridgehead atoms. The molecule has 114 valence electrons. The molecule has 3 nitrogen and oxygen atoms in total. The lowest BCUT2D eigenvalue weighted by Crippen LogP contribution is -2.34. The standard InChI is InChI=1S/C19H21NO2/c1-20-8-7-13-10-18(22-2)17(21)11-15(13)19-14-6-4-3-5-12(14)9-16(19)20/h3-6,10-11,16,19,21H,7-9H2,1-2H3/t16-,19+/m1/s1. The molecule has 0 fully saturated rings. The highest BCUT2D eigenvalue weighted by Gasteiger charge is 2.38. The lowest BCUT2D eigenvalue weighted by Gasteiger charge is -2.27. The smallest absolute Gasteiger partial charge is 0.160 e. The molecule has 0 spiro atoms. The maximum Gasteiger partial charge on any atom is 0.160 e. The van der Waals surface area contributed by atoms with Gasteiger partial charge in [0.2, 0.25) is 0 Å². The minimum atomic E-state index is 0.244. The van der Waals surface area contributed by atoms with E-state index in [1.165, 1.54) is 22.3 Å². The first kappa shape index (κ1) is 13.6. The van der Waals surface area contributed by atoms with Gasteiger partial charge in [-0.15, -0.1) is 0 Å². The Kier molecular flexibility index (Phi) is 3.12. The molecule has 0 radical (unpaired) electrons. The maximum absolute atomic E-state index is 10.3. The third kappa shape index (κ3) is 1.92. The molecule has 0 aromatic heterocycles. The van der Waals surface area contributed by atoms with Crippen LogP contribution < -0.4 is 4.74 Å². The number of methoxy groups -OCH3 is 1. The zero-order valence-corrected chi connectivity index (χ0v) is 13.0. The van der Waals surface area contributed by atoms with Gasteiger partial charge in [-0.25, -0.2) is 0 Å². The van der Waals surface area contributed by atoms with Crippen molar-refractivity contribution in [3.05, 3.63) is 58.7 Å². The third-order valence-corrected chi connectivity index (χ3v) is 5.28. The van der Waals surface area contributed by atoms with Crippen molar-refractivity contribution >= 4 is 0 Å². The molecule has 0 unspecified atom stereocenters. The summed E-state index contributed by atoms with van der Waals surface area (Å²) in [6, 6.07) is 13.1. The van der Waals surface area contributed by atoms with Gasteiger partial charge in [-0.1, -0.05) is 24.3 Å². The average Bonchev–Trinajstić information content (AvgIpc) is 2.86. The minimum absolute atomic E-state index is 0.244. The van der Waals surface area contributed by atoms with Crippen molar-refractivity contribution < 1.29 is 9.84 Å². The van der Waals surface area contributed by atoms with Gasteiger partial charge in [0.05, 0.1) is 7.11 Å². The van der Waals surface area contributed by atoms with Gasteiger partial charge in [-0.2, -0.15) is 0 Å². The van der Waals surface area contributed by atoms with Crippen molar-refractivity contribution in [1.82, 2.24) is 4.90 Å². The van der Waals surface area contributed by atoms with Gasteiger partial charge in [0, 0.05) is 18.5 Å². The number of rotatable bonds is 1. The molecule has 2 aliphatic rings. The van der Waals surface area contributed by atoms with Crippen LogP contribution in [0.4, 0.5) is 0 Å². The second kappa shape index (κ2) is 5.03. The molecule has 1 aliphatic carbocycles. The zero-order chi connectivity index (χ0) is 15.3. The van der Waals surface area contributed by atoms with Gasteiger partial charge < -0.3 is 14.7 Å². The van der Waals surface area contributed by atoms with E-state index in [9.17, 15) is 5.11 Å². The van der Waals surface area contributed by atoms with Crippen molar-refractivity contribution in [2.75, 3.05) is 20.7 Å². The summed E-state index contributed by atoms with van der Waals surface area (Å²) in [6.45, 7) is 1.04. The monoisotopic (exact) mass is 295 g/mol. The highest BCUT2D eigenvalue weighted by atomic mass is 16.5. The topological polar surface area (TPSA) is 32.7 Å². The number of ether oxygens (including phenoxy) is 1. The Balaban J connectivity index is 1.92. The molecule has 2 atom stereocenters. The van der Waals surface area contributed by atoms with E-state index in [1.807, 2.05) is 12.1 Å². The molecule has 0 saturated carbocycles. The van der Waals surface area contributed by atoms with E-state index in [-0.39, 0.29) is 5.75 Å². The summed E-state index contributed by atoms with van der Waals surface area (Å²) in [7, 11) is 3.82. The predicted octanol–water partition coefficient (Wildman–Crippen LogP) is 2.95. The minimum Gasteiger partial charge on any atom is -0.504 e. The van der Waals surface area contributed by atoms with E-state index < -0.39 is 0 Å². The number of hydrogen-bond donors (Lipinski definition) is 1. The van der Waals surface area contributed by atoms with Crippen molar-refractivity contribution in [1.29, 1.82) is 0 Å². The molecule has 2 aromatic carbocycles. The average molecular weight is 295 g/mol. The molecule has 22 heavy (non-hydrogen) atoms. The second-order valence-corrected chi connectivity index (χ2v) is 6.40. The highest BCUT2D eigenvalue weighted by Crippen LogP contribution is 2.45. The number of benzene rings is 2. The first-order valence-electron chi connectivity index (χ1n) is 7.87. The van der Waals surface area contributed by atoms with Crippen LogP contribution >= 0.6 is 0 Å². The van der Waals surface area contributed by atoms with Gasteiger partial charge in [-0.3, -0.25) is 0 Å². The van der Waals surface area contributed by atoms with E-state index in [0.29, 0.717) is 17.7 Å². The Hall–Kier alpha value is -2.00. The lowest BCUT2D eigenvalue weighted by atomic mass is 9.87. The molecule has 3 heteroatoms. The Morgan fingerprint density at radius 3 is 2.77 bits per heavy atom. The van der Waals surface area contributed by atoms with Crippen LogP contribution in [0.2, 0.25) is 0 Å². The predicted molar refractivity (Wildman–Crippen MR) is 86.8 cm³/mol. The molecule has 0 saturated heterocycles. The van der Waals surface area contributed by atoms with E-state index in [1.54, 1.807) is 7.11 Å². The fraction of sp³-hybridized carbons (Fsp3) is 0.368. The summed E-state index contributed by atoms with van der Waals surface area (Å²) >= 11 is 0. The number of phenols is 1. The van der Waals surface area contributed by atoms with Crippen LogP contribution in [0, 0.1) is 0 Å². The maximum atomic E-state index is 10.3. The zero-order valence-electron chi connectivity index (χ0n) is 13.0. The van der Waals surface area contributed by atoms with Gasteiger partial charge in [-0.05, 0) is 54.3 Å². The SMILES string of the molecule is COc1cc2c(cc1O)[C@@H]1c3ccccc3C[C@H]1N(C)CC2. The van der Waals surface area contributed by atoms with Crippen LogP contribution in [0.25, 0.3) is 0 Å². The Labute approximate surface area is 131 Å². The van der Waals surface area contributed by atoms with Crippen LogP contribution in [0.1, 0.15) is 28.2 Å². The molecule has 2 aromatic rings. The summed E-state index contributed by atoms with van der Waals surface area (Å²) in [5.74, 6) is 1.16. The summed E-state index contributed by atoms with van der Waals surface area (Å²) in [4.78, 5) is 2.47. The number of aromatic hydroxyl groups is 1. The number of phenolic OH excluding ortho intramolecular Hbond substituents is 1. The summed E-state index contributed by atoms with van der Waals surface area (Å²) in [6.07, 6.45) is 2.08. The fourth-order valence-electron chi connectivity index (χ4n) is 4.12. The molecule has 4 rings (SSSR count). The normalized spacial score (nSPS) is 23.4. The highest BCUT2D eigenvalue weighted by molar-refractivity contribution is 5.54. The van der Waals surface area contributed by atoms with Crippen molar-refractivity contribution in [2.24, 2.45) is 0 Å². The summed E-state index contributed by atoms with van der Waals surface area (Å²) < 4.78 is 5.30. The lowest BCUT2D eigenvalue weighted by molar-refractivity contribution is 0.244. The molecule has 0 amide bonds.